The van der Waals surface area contributed by atoms with E-state index in [2.05, 4.69) is 14.9 Å². The van der Waals surface area contributed by atoms with Crippen LogP contribution in [0.25, 0.3) is 22.8 Å². The SMILES string of the molecule is COC(=O)/C=C/c1cc(-n2nc3ccc(C(F)(F)F)cc3n2)c(O)c(C(C)(C)C)c1. The molecule has 0 spiro atoms. The number of esters is 1. The van der Waals surface area contributed by atoms with Crippen LogP contribution in [0.15, 0.2) is 36.4 Å². The number of hydrogen-bond acceptors (Lipinski definition) is 5. The number of carbonyl (C=O) groups excluding carboxylic acids is 1. The summed E-state index contributed by atoms with van der Waals surface area (Å²) < 4.78 is 43.5. The molecule has 0 amide bonds. The summed E-state index contributed by atoms with van der Waals surface area (Å²) in [4.78, 5) is 12.5. The fourth-order valence-corrected chi connectivity index (χ4v) is 2.89. The molecule has 0 unspecified atom stereocenters. The summed E-state index contributed by atoms with van der Waals surface area (Å²) in [7, 11) is 1.25. The van der Waals surface area contributed by atoms with Crippen LogP contribution >= 0.6 is 0 Å². The number of fused-ring (bicyclic) bond motifs is 1. The van der Waals surface area contributed by atoms with Crippen LogP contribution in [0.3, 0.4) is 0 Å². The molecule has 6 nitrogen and oxygen atoms in total. The monoisotopic (exact) mass is 419 g/mol. The highest BCUT2D eigenvalue weighted by Crippen LogP contribution is 2.37. The van der Waals surface area contributed by atoms with Gasteiger partial charge < -0.3 is 9.84 Å². The predicted molar refractivity (Wildman–Crippen MR) is 105 cm³/mol. The molecule has 2 aromatic carbocycles. The van der Waals surface area contributed by atoms with Crippen LogP contribution in [-0.4, -0.2) is 33.2 Å². The van der Waals surface area contributed by atoms with Crippen molar-refractivity contribution in [3.05, 3.63) is 53.1 Å². The molecule has 0 saturated heterocycles. The zero-order valence-corrected chi connectivity index (χ0v) is 16.8. The van der Waals surface area contributed by atoms with Crippen LogP contribution in [0, 0.1) is 0 Å². The van der Waals surface area contributed by atoms with Gasteiger partial charge in [-0.25, -0.2) is 4.79 Å². The molecule has 3 aromatic rings. The molecule has 0 saturated carbocycles. The van der Waals surface area contributed by atoms with Crippen molar-refractivity contribution in [3.8, 4) is 11.4 Å². The first-order chi connectivity index (χ1) is 13.9. The first-order valence-corrected chi connectivity index (χ1v) is 8.98. The van der Waals surface area contributed by atoms with Gasteiger partial charge in [-0.3, -0.25) is 0 Å². The molecule has 0 radical (unpaired) electrons. The third kappa shape index (κ3) is 4.29. The van der Waals surface area contributed by atoms with E-state index < -0.39 is 23.1 Å². The number of hydrogen-bond donors (Lipinski definition) is 1. The van der Waals surface area contributed by atoms with Crippen molar-refractivity contribution in [2.75, 3.05) is 7.11 Å². The van der Waals surface area contributed by atoms with Crippen molar-refractivity contribution in [2.24, 2.45) is 0 Å². The topological polar surface area (TPSA) is 77.2 Å². The molecular weight excluding hydrogens is 399 g/mol. The standard InChI is InChI=1S/C21H20F3N3O3/c1-20(2,3)14-9-12(5-8-18(28)30-4)10-17(19(14)29)27-25-15-7-6-13(21(22,23)24)11-16(15)26-27/h5-11,29H,1-4H3/b8-5+. The van der Waals surface area contributed by atoms with Crippen molar-refractivity contribution < 1.29 is 27.8 Å². The Morgan fingerprint density at radius 3 is 2.37 bits per heavy atom. The predicted octanol–water partition coefficient (Wildman–Crippen LogP) is 4.63. The van der Waals surface area contributed by atoms with Crippen LogP contribution in [0.4, 0.5) is 13.2 Å². The lowest BCUT2D eigenvalue weighted by molar-refractivity contribution is -0.137. The second kappa shape index (κ2) is 7.47. The molecule has 0 fully saturated rings. The van der Waals surface area contributed by atoms with Gasteiger partial charge in [-0.05, 0) is 47.4 Å². The molecule has 30 heavy (non-hydrogen) atoms. The number of phenolic OH excluding ortho intramolecular Hbond substituents is 1. The van der Waals surface area contributed by atoms with E-state index in [0.717, 1.165) is 16.9 Å². The summed E-state index contributed by atoms with van der Waals surface area (Å²) in [5.74, 6) is -0.654. The van der Waals surface area contributed by atoms with E-state index in [1.54, 1.807) is 6.07 Å². The van der Waals surface area contributed by atoms with Crippen molar-refractivity contribution in [2.45, 2.75) is 32.4 Å². The van der Waals surface area contributed by atoms with E-state index in [1.807, 2.05) is 20.8 Å². The normalized spacial score (nSPS) is 12.6. The Hall–Kier alpha value is -3.36. The van der Waals surface area contributed by atoms with Crippen LogP contribution in [-0.2, 0) is 21.1 Å². The number of aromatic nitrogens is 3. The van der Waals surface area contributed by atoms with Crippen LogP contribution < -0.4 is 0 Å². The molecular formula is C21H20F3N3O3. The maximum Gasteiger partial charge on any atom is 0.416 e. The maximum absolute atomic E-state index is 13.0. The van der Waals surface area contributed by atoms with Gasteiger partial charge in [0.1, 0.15) is 22.5 Å². The van der Waals surface area contributed by atoms with Gasteiger partial charge in [-0.2, -0.15) is 13.2 Å². The van der Waals surface area contributed by atoms with Crippen molar-refractivity contribution >= 4 is 23.1 Å². The molecule has 1 aromatic heterocycles. The maximum atomic E-state index is 13.0. The van der Waals surface area contributed by atoms with E-state index in [-0.39, 0.29) is 22.5 Å². The molecule has 158 valence electrons. The summed E-state index contributed by atoms with van der Waals surface area (Å²) in [5.41, 5.74) is 0.280. The number of carbonyl (C=O) groups is 1. The summed E-state index contributed by atoms with van der Waals surface area (Å²) in [6.45, 7) is 5.67. The van der Waals surface area contributed by atoms with Crippen molar-refractivity contribution in [3.63, 3.8) is 0 Å². The number of ether oxygens (including phenoxy) is 1. The Morgan fingerprint density at radius 2 is 1.77 bits per heavy atom. The zero-order valence-electron chi connectivity index (χ0n) is 16.8. The number of nitrogens with zero attached hydrogens (tertiary/aromatic N) is 3. The minimum Gasteiger partial charge on any atom is -0.505 e. The number of aromatic hydroxyl groups is 1. The first kappa shape index (κ1) is 21.4. The lowest BCUT2D eigenvalue weighted by Gasteiger charge is -2.22. The Morgan fingerprint density at radius 1 is 1.10 bits per heavy atom. The van der Waals surface area contributed by atoms with E-state index in [4.69, 9.17) is 0 Å². The zero-order chi connectivity index (χ0) is 22.3. The Labute approximate surface area is 170 Å². The fourth-order valence-electron chi connectivity index (χ4n) is 2.89. The Balaban J connectivity index is 2.18. The smallest absolute Gasteiger partial charge is 0.416 e. The second-order valence-electron chi connectivity index (χ2n) is 7.73. The average molecular weight is 419 g/mol. The average Bonchev–Trinajstić information content (AvgIpc) is 3.08. The van der Waals surface area contributed by atoms with Gasteiger partial charge in [0, 0.05) is 11.6 Å². The van der Waals surface area contributed by atoms with Crippen LogP contribution in [0.5, 0.6) is 5.75 Å². The Kier molecular flexibility index (Phi) is 5.32. The van der Waals surface area contributed by atoms with Gasteiger partial charge >= 0.3 is 12.1 Å². The highest BCUT2D eigenvalue weighted by Gasteiger charge is 2.31. The van der Waals surface area contributed by atoms with Gasteiger partial charge in [0.05, 0.1) is 12.7 Å². The summed E-state index contributed by atoms with van der Waals surface area (Å²) in [5, 5.41) is 19.2. The van der Waals surface area contributed by atoms with Gasteiger partial charge in [0.15, 0.2) is 0 Å². The van der Waals surface area contributed by atoms with E-state index in [1.165, 1.54) is 31.4 Å². The molecule has 1 heterocycles. The van der Waals surface area contributed by atoms with Crippen molar-refractivity contribution in [1.29, 1.82) is 0 Å². The molecule has 0 bridgehead atoms. The molecule has 0 aliphatic rings. The highest BCUT2D eigenvalue weighted by atomic mass is 19.4. The van der Waals surface area contributed by atoms with Crippen molar-refractivity contribution in [1.82, 2.24) is 15.0 Å². The lowest BCUT2D eigenvalue weighted by atomic mass is 9.85. The number of benzene rings is 2. The number of halogens is 3. The molecule has 9 heteroatoms. The summed E-state index contributed by atoms with van der Waals surface area (Å²) >= 11 is 0. The third-order valence-corrected chi connectivity index (χ3v) is 4.46. The fraction of sp³-hybridized carbons (Fsp3) is 0.286. The second-order valence-corrected chi connectivity index (χ2v) is 7.73. The van der Waals surface area contributed by atoms with E-state index in [0.29, 0.717) is 11.1 Å². The molecule has 3 rings (SSSR count). The lowest BCUT2D eigenvalue weighted by Crippen LogP contribution is -2.13. The van der Waals surface area contributed by atoms with Gasteiger partial charge in [-0.15, -0.1) is 15.0 Å². The highest BCUT2D eigenvalue weighted by molar-refractivity contribution is 5.87. The minimum absolute atomic E-state index is 0.0389. The quantitative estimate of drug-likeness (QED) is 0.495. The van der Waals surface area contributed by atoms with Gasteiger partial charge in [0.2, 0.25) is 0 Å². The van der Waals surface area contributed by atoms with Crippen LogP contribution in [0.2, 0.25) is 0 Å². The van der Waals surface area contributed by atoms with E-state index in [9.17, 15) is 23.1 Å². The minimum atomic E-state index is -4.50. The van der Waals surface area contributed by atoms with Gasteiger partial charge in [-0.1, -0.05) is 20.8 Å². The largest absolute Gasteiger partial charge is 0.505 e. The number of alkyl halides is 3. The number of phenols is 1. The molecule has 1 N–H and O–H groups in total. The third-order valence-electron chi connectivity index (χ3n) is 4.46. The summed E-state index contributed by atoms with van der Waals surface area (Å²) in [6, 6.07) is 6.31. The Bertz CT molecular complexity index is 1140. The summed E-state index contributed by atoms with van der Waals surface area (Å²) in [6.07, 6.45) is -1.77. The number of methoxy groups -OCH3 is 1. The van der Waals surface area contributed by atoms with Crippen LogP contribution in [0.1, 0.15) is 37.5 Å². The first-order valence-electron chi connectivity index (χ1n) is 8.98. The molecule has 0 aliphatic heterocycles. The van der Waals surface area contributed by atoms with Gasteiger partial charge in [0.25, 0.3) is 0 Å². The molecule has 0 aliphatic carbocycles. The molecule has 0 atom stereocenters. The number of rotatable bonds is 3. The van der Waals surface area contributed by atoms with E-state index >= 15 is 0 Å².